The molecule has 7 heteroatoms. The average Bonchev–Trinajstić information content (AvgIpc) is 3.27. The number of halogens is 1. The van der Waals surface area contributed by atoms with Crippen LogP contribution >= 0.6 is 0 Å². The van der Waals surface area contributed by atoms with Crippen LogP contribution in [0, 0.1) is 5.82 Å². The molecule has 24 heavy (non-hydrogen) atoms. The van der Waals surface area contributed by atoms with Crippen molar-refractivity contribution in [3.05, 3.63) is 35.9 Å². The standard InChI is InChI=1S/C17H19FN4O2/c18-13-5-1-4-12(10-13)15-20-14(21-24-15)11-19-16(23)17-6-2-8-22(17)9-3-7-17/h1,4-5,10H,2-3,6-9,11H2,(H,19,23). The van der Waals surface area contributed by atoms with Crippen molar-refractivity contribution in [3.8, 4) is 11.5 Å². The number of benzene rings is 1. The first kappa shape index (κ1) is 15.3. The Bertz CT molecular complexity index is 751. The smallest absolute Gasteiger partial charge is 0.258 e. The fourth-order valence-electron chi connectivity index (χ4n) is 3.86. The fourth-order valence-corrected chi connectivity index (χ4v) is 3.86. The van der Waals surface area contributed by atoms with Crippen LogP contribution in [-0.4, -0.2) is 39.6 Å². The largest absolute Gasteiger partial charge is 0.347 e. The summed E-state index contributed by atoms with van der Waals surface area (Å²) in [6.45, 7) is 2.21. The summed E-state index contributed by atoms with van der Waals surface area (Å²) in [6.07, 6.45) is 3.97. The van der Waals surface area contributed by atoms with E-state index in [9.17, 15) is 9.18 Å². The molecular formula is C17H19FN4O2. The number of rotatable bonds is 4. The molecule has 4 rings (SSSR count). The third-order valence-electron chi connectivity index (χ3n) is 5.01. The quantitative estimate of drug-likeness (QED) is 0.930. The van der Waals surface area contributed by atoms with Gasteiger partial charge in [-0.05, 0) is 57.0 Å². The van der Waals surface area contributed by atoms with Crippen molar-refractivity contribution in [1.82, 2.24) is 20.4 Å². The number of fused-ring (bicyclic) bond motifs is 1. The van der Waals surface area contributed by atoms with Crippen LogP contribution in [0.3, 0.4) is 0 Å². The molecule has 0 saturated carbocycles. The molecule has 0 spiro atoms. The molecule has 2 fully saturated rings. The van der Waals surface area contributed by atoms with Crippen molar-refractivity contribution in [2.45, 2.75) is 37.8 Å². The minimum Gasteiger partial charge on any atom is -0.347 e. The lowest BCUT2D eigenvalue weighted by atomic mass is 9.93. The molecule has 2 aromatic rings. The van der Waals surface area contributed by atoms with E-state index in [1.54, 1.807) is 12.1 Å². The summed E-state index contributed by atoms with van der Waals surface area (Å²) in [5.41, 5.74) is 0.186. The van der Waals surface area contributed by atoms with Gasteiger partial charge in [-0.15, -0.1) is 0 Å². The predicted molar refractivity (Wildman–Crippen MR) is 84.3 cm³/mol. The Balaban J connectivity index is 1.43. The highest BCUT2D eigenvalue weighted by Gasteiger charge is 2.49. The zero-order chi connectivity index (χ0) is 16.6. The number of hydrogen-bond acceptors (Lipinski definition) is 5. The van der Waals surface area contributed by atoms with Gasteiger partial charge in [0.15, 0.2) is 5.82 Å². The molecule has 1 N–H and O–H groups in total. The minimum absolute atomic E-state index is 0.0506. The van der Waals surface area contributed by atoms with E-state index in [0.29, 0.717) is 11.4 Å². The van der Waals surface area contributed by atoms with Crippen LogP contribution in [-0.2, 0) is 11.3 Å². The van der Waals surface area contributed by atoms with Crippen LogP contribution in [0.4, 0.5) is 4.39 Å². The van der Waals surface area contributed by atoms with Gasteiger partial charge in [0.2, 0.25) is 5.91 Å². The van der Waals surface area contributed by atoms with Gasteiger partial charge in [-0.1, -0.05) is 11.2 Å². The summed E-state index contributed by atoms with van der Waals surface area (Å²) < 4.78 is 18.4. The number of hydrogen-bond donors (Lipinski definition) is 1. The van der Waals surface area contributed by atoms with Crippen molar-refractivity contribution in [2.24, 2.45) is 0 Å². The highest BCUT2D eigenvalue weighted by molar-refractivity contribution is 5.87. The molecule has 3 heterocycles. The normalized spacial score (nSPS) is 19.4. The minimum atomic E-state index is -0.359. The Hall–Kier alpha value is -2.28. The predicted octanol–water partition coefficient (Wildman–Crippen LogP) is 2.12. The van der Waals surface area contributed by atoms with E-state index in [2.05, 4.69) is 20.4 Å². The van der Waals surface area contributed by atoms with Gasteiger partial charge in [-0.2, -0.15) is 4.98 Å². The van der Waals surface area contributed by atoms with Crippen LogP contribution in [0.5, 0.6) is 0 Å². The summed E-state index contributed by atoms with van der Waals surface area (Å²) >= 11 is 0. The van der Waals surface area contributed by atoms with Gasteiger partial charge in [0, 0.05) is 5.56 Å². The van der Waals surface area contributed by atoms with E-state index in [1.807, 2.05) is 0 Å². The van der Waals surface area contributed by atoms with Gasteiger partial charge in [-0.25, -0.2) is 4.39 Å². The maximum Gasteiger partial charge on any atom is 0.258 e. The van der Waals surface area contributed by atoms with E-state index >= 15 is 0 Å². The maximum absolute atomic E-state index is 13.3. The van der Waals surface area contributed by atoms with E-state index in [4.69, 9.17) is 4.52 Å². The second-order valence-corrected chi connectivity index (χ2v) is 6.43. The lowest BCUT2D eigenvalue weighted by molar-refractivity contribution is -0.130. The molecule has 2 aliphatic heterocycles. The number of nitrogens with zero attached hydrogens (tertiary/aromatic N) is 3. The van der Waals surface area contributed by atoms with E-state index < -0.39 is 0 Å². The third kappa shape index (κ3) is 2.58. The number of carbonyl (C=O) groups excluding carboxylic acids is 1. The van der Waals surface area contributed by atoms with Gasteiger partial charge in [-0.3, -0.25) is 9.69 Å². The number of nitrogens with one attached hydrogen (secondary N) is 1. The molecule has 0 bridgehead atoms. The zero-order valence-electron chi connectivity index (χ0n) is 13.3. The Labute approximate surface area is 139 Å². The molecule has 1 aromatic carbocycles. The van der Waals surface area contributed by atoms with Crippen molar-refractivity contribution in [2.75, 3.05) is 13.1 Å². The summed E-state index contributed by atoms with van der Waals surface area (Å²) in [5, 5.41) is 6.81. The highest BCUT2D eigenvalue weighted by Crippen LogP contribution is 2.38. The van der Waals surface area contributed by atoms with Gasteiger partial charge in [0.05, 0.1) is 6.54 Å². The summed E-state index contributed by atoms with van der Waals surface area (Å²) in [5.74, 6) is 0.332. The molecular weight excluding hydrogens is 311 g/mol. The Kier molecular flexibility index (Phi) is 3.80. The maximum atomic E-state index is 13.3. The second-order valence-electron chi connectivity index (χ2n) is 6.43. The molecule has 1 amide bonds. The number of aromatic nitrogens is 2. The van der Waals surface area contributed by atoms with Crippen LogP contribution in [0.15, 0.2) is 28.8 Å². The molecule has 126 valence electrons. The number of amides is 1. The lowest BCUT2D eigenvalue weighted by Gasteiger charge is -2.30. The first-order valence-electron chi connectivity index (χ1n) is 8.29. The van der Waals surface area contributed by atoms with Crippen molar-refractivity contribution in [1.29, 1.82) is 0 Å². The summed E-state index contributed by atoms with van der Waals surface area (Å²) in [7, 11) is 0. The van der Waals surface area contributed by atoms with Gasteiger partial charge in [0.1, 0.15) is 11.4 Å². The SMILES string of the molecule is O=C(NCc1noc(-c2cccc(F)c2)n1)C12CCCN1CCC2. The average molecular weight is 330 g/mol. The monoisotopic (exact) mass is 330 g/mol. The van der Waals surface area contributed by atoms with Crippen LogP contribution in [0.25, 0.3) is 11.5 Å². The molecule has 0 atom stereocenters. The third-order valence-corrected chi connectivity index (χ3v) is 5.01. The summed E-state index contributed by atoms with van der Waals surface area (Å²) in [4.78, 5) is 19.2. The van der Waals surface area contributed by atoms with E-state index in [-0.39, 0.29) is 29.7 Å². The lowest BCUT2D eigenvalue weighted by Crippen LogP contribution is -2.51. The Morgan fingerprint density at radius 2 is 2.12 bits per heavy atom. The van der Waals surface area contributed by atoms with E-state index in [1.165, 1.54) is 12.1 Å². The summed E-state index contributed by atoms with van der Waals surface area (Å²) in [6, 6.07) is 5.98. The Morgan fingerprint density at radius 1 is 1.33 bits per heavy atom. The first-order valence-corrected chi connectivity index (χ1v) is 8.29. The molecule has 0 aliphatic carbocycles. The van der Waals surface area contributed by atoms with Crippen molar-refractivity contribution in [3.63, 3.8) is 0 Å². The topological polar surface area (TPSA) is 71.3 Å². The first-order chi connectivity index (χ1) is 11.7. The molecule has 2 aliphatic rings. The van der Waals surface area contributed by atoms with E-state index in [0.717, 1.165) is 38.8 Å². The zero-order valence-corrected chi connectivity index (χ0v) is 13.3. The second kappa shape index (κ2) is 5.98. The van der Waals surface area contributed by atoms with Gasteiger partial charge >= 0.3 is 0 Å². The van der Waals surface area contributed by atoms with Crippen LogP contribution in [0.2, 0.25) is 0 Å². The Morgan fingerprint density at radius 3 is 2.88 bits per heavy atom. The molecule has 2 saturated heterocycles. The van der Waals surface area contributed by atoms with Crippen LogP contribution < -0.4 is 5.32 Å². The molecule has 1 aromatic heterocycles. The van der Waals surface area contributed by atoms with Crippen LogP contribution in [0.1, 0.15) is 31.5 Å². The molecule has 0 unspecified atom stereocenters. The fraction of sp³-hybridized carbons (Fsp3) is 0.471. The van der Waals surface area contributed by atoms with Gasteiger partial charge < -0.3 is 9.84 Å². The highest BCUT2D eigenvalue weighted by atomic mass is 19.1. The molecule has 6 nitrogen and oxygen atoms in total. The van der Waals surface area contributed by atoms with Crippen molar-refractivity contribution < 1.29 is 13.7 Å². The van der Waals surface area contributed by atoms with Gasteiger partial charge in [0.25, 0.3) is 5.89 Å². The number of carbonyl (C=O) groups is 1. The van der Waals surface area contributed by atoms with Crippen molar-refractivity contribution >= 4 is 5.91 Å². The molecule has 0 radical (unpaired) electrons.